The van der Waals surface area contributed by atoms with E-state index in [1.165, 1.54) is 0 Å². The van der Waals surface area contributed by atoms with Crippen LogP contribution in [0.4, 0.5) is 0 Å². The van der Waals surface area contributed by atoms with E-state index in [2.05, 4.69) is 30.6 Å². The summed E-state index contributed by atoms with van der Waals surface area (Å²) in [6.07, 6.45) is -0.113. The fourth-order valence-corrected chi connectivity index (χ4v) is 4.27. The summed E-state index contributed by atoms with van der Waals surface area (Å²) in [5.41, 5.74) is 0.239. The molecule has 0 radical (unpaired) electrons. The van der Waals surface area contributed by atoms with Crippen LogP contribution in [0, 0.1) is 16.7 Å². The number of hydrogen-bond donors (Lipinski definition) is 1. The minimum atomic E-state index is -0.113. The van der Waals surface area contributed by atoms with Crippen molar-refractivity contribution >= 4 is 0 Å². The number of nitrogens with zero attached hydrogens (tertiary/aromatic N) is 2. The Labute approximate surface area is 92.1 Å². The Bertz CT molecular complexity index is 275. The van der Waals surface area contributed by atoms with Crippen LogP contribution in [-0.2, 0) is 0 Å². The Hall–Kier alpha value is -0.120. The van der Waals surface area contributed by atoms with Gasteiger partial charge in [-0.25, -0.2) is 0 Å². The molecule has 4 aliphatic heterocycles. The van der Waals surface area contributed by atoms with Crippen molar-refractivity contribution in [3.8, 4) is 0 Å². The molecule has 15 heavy (non-hydrogen) atoms. The van der Waals surface area contributed by atoms with Crippen LogP contribution in [-0.4, -0.2) is 53.9 Å². The van der Waals surface area contributed by atoms with E-state index in [9.17, 15) is 5.11 Å². The molecule has 3 heteroatoms. The first-order chi connectivity index (χ1) is 6.96. The van der Waals surface area contributed by atoms with E-state index in [4.69, 9.17) is 0 Å². The molecular formula is C12H22N2O. The van der Waals surface area contributed by atoms with Crippen molar-refractivity contribution in [1.29, 1.82) is 0 Å². The lowest BCUT2D eigenvalue weighted by Crippen LogP contribution is -2.78. The maximum atomic E-state index is 10.7. The fourth-order valence-electron chi connectivity index (χ4n) is 4.27. The van der Waals surface area contributed by atoms with Gasteiger partial charge in [-0.05, 0) is 5.92 Å². The highest BCUT2D eigenvalue weighted by molar-refractivity contribution is 5.13. The second kappa shape index (κ2) is 2.76. The molecule has 86 valence electrons. The molecule has 3 unspecified atom stereocenters. The predicted molar refractivity (Wildman–Crippen MR) is 59.4 cm³/mol. The fraction of sp³-hybridized carbons (Fsp3) is 1.00. The summed E-state index contributed by atoms with van der Waals surface area (Å²) < 4.78 is 0. The molecule has 0 spiro atoms. The highest BCUT2D eigenvalue weighted by atomic mass is 16.3. The van der Waals surface area contributed by atoms with Gasteiger partial charge in [-0.3, -0.25) is 9.80 Å². The van der Waals surface area contributed by atoms with E-state index >= 15 is 0 Å². The minimum Gasteiger partial charge on any atom is -0.392 e. The topological polar surface area (TPSA) is 26.7 Å². The summed E-state index contributed by atoms with van der Waals surface area (Å²) in [6.45, 7) is 12.3. The number of aliphatic hydroxyl groups is 1. The molecule has 3 atom stereocenters. The first-order valence-electron chi connectivity index (χ1n) is 6.09. The van der Waals surface area contributed by atoms with Crippen LogP contribution < -0.4 is 0 Å². The molecule has 4 heterocycles. The molecule has 4 saturated heterocycles. The van der Waals surface area contributed by atoms with Crippen LogP contribution in [0.3, 0.4) is 0 Å². The van der Waals surface area contributed by atoms with Gasteiger partial charge >= 0.3 is 0 Å². The molecule has 4 bridgehead atoms. The maximum Gasteiger partial charge on any atom is 0.0701 e. The lowest BCUT2D eigenvalue weighted by atomic mass is 9.57. The number of hydrogen-bond acceptors (Lipinski definition) is 3. The summed E-state index contributed by atoms with van der Waals surface area (Å²) >= 11 is 0. The van der Waals surface area contributed by atoms with Gasteiger partial charge < -0.3 is 5.11 Å². The molecule has 0 aliphatic carbocycles. The highest BCUT2D eigenvalue weighted by Gasteiger charge is 2.61. The zero-order chi connectivity index (χ0) is 10.8. The second-order valence-electron chi connectivity index (χ2n) is 6.56. The zero-order valence-electron chi connectivity index (χ0n) is 10.0. The Morgan fingerprint density at radius 2 is 1.67 bits per heavy atom. The smallest absolute Gasteiger partial charge is 0.0701 e. The second-order valence-corrected chi connectivity index (χ2v) is 6.56. The summed E-state index contributed by atoms with van der Waals surface area (Å²) in [5.74, 6) is 0.567. The standard InChI is InChI=1S/C12H22N2O/c1-9(2)12-6-13-4-11(3,10(12)15)5-14(7-12)8-13/h9-10,15H,4-8H2,1-3H3. The van der Waals surface area contributed by atoms with Gasteiger partial charge in [0.15, 0.2) is 0 Å². The van der Waals surface area contributed by atoms with E-state index in [0.29, 0.717) is 5.92 Å². The summed E-state index contributed by atoms with van der Waals surface area (Å²) in [7, 11) is 0. The molecule has 0 amide bonds. The third-order valence-corrected chi connectivity index (χ3v) is 4.96. The van der Waals surface area contributed by atoms with Crippen molar-refractivity contribution in [2.45, 2.75) is 26.9 Å². The molecule has 0 aromatic carbocycles. The Morgan fingerprint density at radius 3 is 2.13 bits per heavy atom. The molecule has 4 rings (SSSR count). The lowest BCUT2D eigenvalue weighted by Gasteiger charge is -2.67. The molecule has 4 fully saturated rings. The number of piperidine rings is 2. The molecule has 0 aromatic heterocycles. The van der Waals surface area contributed by atoms with Gasteiger partial charge in [-0.2, -0.15) is 0 Å². The minimum absolute atomic E-state index is 0.110. The quantitative estimate of drug-likeness (QED) is 0.686. The van der Waals surface area contributed by atoms with Crippen LogP contribution in [0.25, 0.3) is 0 Å². The SMILES string of the molecule is CC(C)C12CN3CN(CC(C)(C3)C1O)C2. The molecular weight excluding hydrogens is 188 g/mol. The van der Waals surface area contributed by atoms with Crippen molar-refractivity contribution in [2.75, 3.05) is 32.8 Å². The Morgan fingerprint density at radius 1 is 1.13 bits per heavy atom. The average molecular weight is 210 g/mol. The normalized spacial score (nSPS) is 57.8. The Kier molecular flexibility index (Phi) is 1.85. The van der Waals surface area contributed by atoms with Gasteiger partial charge in [0.1, 0.15) is 0 Å². The molecule has 0 aromatic rings. The van der Waals surface area contributed by atoms with Gasteiger partial charge in [0.25, 0.3) is 0 Å². The van der Waals surface area contributed by atoms with Crippen molar-refractivity contribution in [2.24, 2.45) is 16.7 Å². The predicted octanol–water partition coefficient (Wildman–Crippen LogP) is 0.598. The third-order valence-electron chi connectivity index (χ3n) is 4.96. The zero-order valence-corrected chi connectivity index (χ0v) is 10.0. The van der Waals surface area contributed by atoms with E-state index in [1.54, 1.807) is 0 Å². The van der Waals surface area contributed by atoms with Crippen molar-refractivity contribution in [1.82, 2.24) is 9.80 Å². The first kappa shape index (κ1) is 10.1. The van der Waals surface area contributed by atoms with Crippen molar-refractivity contribution < 1.29 is 5.11 Å². The highest BCUT2D eigenvalue weighted by Crippen LogP contribution is 2.52. The van der Waals surface area contributed by atoms with Crippen LogP contribution >= 0.6 is 0 Å². The van der Waals surface area contributed by atoms with E-state index in [-0.39, 0.29) is 16.9 Å². The van der Waals surface area contributed by atoms with Crippen LogP contribution in [0.5, 0.6) is 0 Å². The summed E-state index contributed by atoms with van der Waals surface area (Å²) in [4.78, 5) is 5.06. The summed E-state index contributed by atoms with van der Waals surface area (Å²) in [5, 5.41) is 10.7. The van der Waals surface area contributed by atoms with Crippen molar-refractivity contribution in [3.05, 3.63) is 0 Å². The molecule has 4 aliphatic rings. The molecule has 1 N–H and O–H groups in total. The molecule has 3 nitrogen and oxygen atoms in total. The largest absolute Gasteiger partial charge is 0.392 e. The van der Waals surface area contributed by atoms with Crippen molar-refractivity contribution in [3.63, 3.8) is 0 Å². The first-order valence-corrected chi connectivity index (χ1v) is 6.09. The number of rotatable bonds is 1. The van der Waals surface area contributed by atoms with Crippen LogP contribution in [0.2, 0.25) is 0 Å². The maximum absolute atomic E-state index is 10.7. The monoisotopic (exact) mass is 210 g/mol. The van der Waals surface area contributed by atoms with Gasteiger partial charge in [-0.1, -0.05) is 20.8 Å². The summed E-state index contributed by atoms with van der Waals surface area (Å²) in [6, 6.07) is 0. The van der Waals surface area contributed by atoms with E-state index in [1.807, 2.05) is 0 Å². The van der Waals surface area contributed by atoms with Crippen LogP contribution in [0.15, 0.2) is 0 Å². The van der Waals surface area contributed by atoms with Gasteiger partial charge in [0.05, 0.1) is 12.8 Å². The van der Waals surface area contributed by atoms with E-state index in [0.717, 1.165) is 32.8 Å². The van der Waals surface area contributed by atoms with Gasteiger partial charge in [-0.15, -0.1) is 0 Å². The van der Waals surface area contributed by atoms with Crippen LogP contribution in [0.1, 0.15) is 20.8 Å². The third kappa shape index (κ3) is 1.12. The lowest BCUT2D eigenvalue weighted by molar-refractivity contribution is -0.245. The average Bonchev–Trinajstić information content (AvgIpc) is 2.12. The number of aliphatic hydroxyl groups excluding tert-OH is 1. The van der Waals surface area contributed by atoms with E-state index < -0.39 is 0 Å². The van der Waals surface area contributed by atoms with Gasteiger partial charge in [0.2, 0.25) is 0 Å². The molecule has 0 saturated carbocycles. The Balaban J connectivity index is 2.03. The van der Waals surface area contributed by atoms with Gasteiger partial charge in [0, 0.05) is 37.0 Å².